The molecule has 1 aliphatic heterocycles. The summed E-state index contributed by atoms with van der Waals surface area (Å²) in [7, 11) is -3.89. The molecule has 1 atom stereocenters. The first kappa shape index (κ1) is 16.7. The molecule has 0 spiro atoms. The maximum absolute atomic E-state index is 12.3. The van der Waals surface area contributed by atoms with Crippen LogP contribution in [0.25, 0.3) is 11.0 Å². The molecule has 26 heavy (non-hydrogen) atoms. The van der Waals surface area contributed by atoms with E-state index in [1.807, 2.05) is 6.92 Å². The number of fused-ring (bicyclic) bond motifs is 3. The van der Waals surface area contributed by atoms with E-state index in [1.54, 1.807) is 24.3 Å². The van der Waals surface area contributed by atoms with Crippen molar-refractivity contribution in [3.63, 3.8) is 0 Å². The van der Waals surface area contributed by atoms with Crippen LogP contribution in [0.5, 0.6) is 11.5 Å². The molecule has 136 valence electrons. The van der Waals surface area contributed by atoms with E-state index in [9.17, 15) is 13.2 Å². The van der Waals surface area contributed by atoms with Gasteiger partial charge in [0, 0.05) is 0 Å². The second-order valence-electron chi connectivity index (χ2n) is 6.00. The fraction of sp³-hybridized carbons (Fsp3) is 0.235. The van der Waals surface area contributed by atoms with Gasteiger partial charge in [0.2, 0.25) is 0 Å². The average Bonchev–Trinajstić information content (AvgIpc) is 3.01. The van der Waals surface area contributed by atoms with Crippen LogP contribution in [-0.4, -0.2) is 37.7 Å². The molecular weight excluding hydrogens is 360 g/mol. The molecule has 4 rings (SSSR count). The highest BCUT2D eigenvalue weighted by Gasteiger charge is 2.27. The minimum Gasteiger partial charge on any atom is -0.486 e. The Morgan fingerprint density at radius 2 is 1.92 bits per heavy atom. The van der Waals surface area contributed by atoms with Crippen molar-refractivity contribution < 1.29 is 22.1 Å². The molecule has 0 saturated heterocycles. The Morgan fingerprint density at radius 1 is 1.15 bits per heavy atom. The number of imidazole rings is 1. The lowest BCUT2D eigenvalue weighted by molar-refractivity contribution is 0.0569. The van der Waals surface area contributed by atoms with Gasteiger partial charge >= 0.3 is 5.69 Å². The number of ether oxygens (including phenoxy) is 2. The molecule has 0 radical (unpaired) electrons. The molecule has 0 aliphatic carbocycles. The predicted molar refractivity (Wildman–Crippen MR) is 93.1 cm³/mol. The van der Waals surface area contributed by atoms with Crippen LogP contribution >= 0.6 is 0 Å². The molecule has 0 fully saturated rings. The molecule has 1 aliphatic rings. The zero-order valence-electron chi connectivity index (χ0n) is 13.8. The number of nitrogens with one attached hydrogen (secondary N) is 2. The lowest BCUT2D eigenvalue weighted by Gasteiger charge is -2.26. The maximum Gasteiger partial charge on any atom is 0.323 e. The minimum atomic E-state index is -3.89. The highest BCUT2D eigenvalue weighted by Crippen LogP contribution is 2.37. The van der Waals surface area contributed by atoms with Crippen LogP contribution in [0.15, 0.2) is 46.1 Å². The molecule has 9 heteroatoms. The van der Waals surface area contributed by atoms with Crippen LogP contribution in [-0.2, 0) is 14.3 Å². The summed E-state index contributed by atoms with van der Waals surface area (Å²) in [4.78, 5) is 16.8. The van der Waals surface area contributed by atoms with Crippen LogP contribution < -0.4 is 15.2 Å². The van der Waals surface area contributed by atoms with Gasteiger partial charge in [-0.2, -0.15) is 8.42 Å². The van der Waals surface area contributed by atoms with Gasteiger partial charge in [-0.3, -0.25) is 4.18 Å². The number of aryl methyl sites for hydroxylation is 1. The molecule has 2 aromatic carbocycles. The van der Waals surface area contributed by atoms with E-state index >= 15 is 0 Å². The van der Waals surface area contributed by atoms with Gasteiger partial charge < -0.3 is 19.4 Å². The van der Waals surface area contributed by atoms with Gasteiger partial charge in [-0.25, -0.2) is 4.79 Å². The Bertz CT molecular complexity index is 1110. The topological polar surface area (TPSA) is 110 Å². The molecular formula is C17H16N2O6S. The summed E-state index contributed by atoms with van der Waals surface area (Å²) >= 11 is 0. The number of H-pyrrole nitrogens is 2. The molecule has 0 saturated carbocycles. The average molecular weight is 376 g/mol. The van der Waals surface area contributed by atoms with E-state index in [4.69, 9.17) is 13.7 Å². The van der Waals surface area contributed by atoms with E-state index in [-0.39, 0.29) is 23.8 Å². The first-order chi connectivity index (χ1) is 12.4. The highest BCUT2D eigenvalue weighted by atomic mass is 32.2. The summed E-state index contributed by atoms with van der Waals surface area (Å²) < 4.78 is 41.1. The fourth-order valence-corrected chi connectivity index (χ4v) is 3.63. The summed E-state index contributed by atoms with van der Waals surface area (Å²) in [6, 6.07) is 9.77. The highest BCUT2D eigenvalue weighted by molar-refractivity contribution is 7.86. The van der Waals surface area contributed by atoms with Gasteiger partial charge in [-0.05, 0) is 31.2 Å². The van der Waals surface area contributed by atoms with Crippen molar-refractivity contribution >= 4 is 21.2 Å². The van der Waals surface area contributed by atoms with Crippen LogP contribution in [0.3, 0.4) is 0 Å². The Hall–Kier alpha value is -2.78. The van der Waals surface area contributed by atoms with Crippen molar-refractivity contribution in [2.75, 3.05) is 13.2 Å². The van der Waals surface area contributed by atoms with E-state index in [0.717, 1.165) is 5.56 Å². The molecule has 1 unspecified atom stereocenters. The zero-order chi connectivity index (χ0) is 18.3. The number of hydrogen-bond acceptors (Lipinski definition) is 6. The number of rotatable bonds is 4. The SMILES string of the molecule is Cc1ccc(S(=O)(=O)OCC2COc3ccc4[nH]c(=O)[nH]c4c3O2)cc1. The maximum atomic E-state index is 12.3. The van der Waals surface area contributed by atoms with Crippen molar-refractivity contribution in [1.82, 2.24) is 9.97 Å². The monoisotopic (exact) mass is 376 g/mol. The molecule has 1 aromatic heterocycles. The normalized spacial score (nSPS) is 16.7. The third kappa shape index (κ3) is 3.06. The summed E-state index contributed by atoms with van der Waals surface area (Å²) in [5.74, 6) is 0.832. The van der Waals surface area contributed by atoms with Gasteiger partial charge in [0.25, 0.3) is 10.1 Å². The van der Waals surface area contributed by atoms with Crippen molar-refractivity contribution in [2.24, 2.45) is 0 Å². The molecule has 0 amide bonds. The number of aromatic nitrogens is 2. The van der Waals surface area contributed by atoms with E-state index in [1.165, 1.54) is 12.1 Å². The van der Waals surface area contributed by atoms with Gasteiger partial charge in [-0.15, -0.1) is 0 Å². The van der Waals surface area contributed by atoms with Crippen molar-refractivity contribution in [1.29, 1.82) is 0 Å². The van der Waals surface area contributed by atoms with Crippen LogP contribution in [0, 0.1) is 6.92 Å². The number of benzene rings is 2. The quantitative estimate of drug-likeness (QED) is 0.671. The van der Waals surface area contributed by atoms with Crippen LogP contribution in [0.1, 0.15) is 5.56 Å². The fourth-order valence-electron chi connectivity index (χ4n) is 2.69. The van der Waals surface area contributed by atoms with Gasteiger partial charge in [0.05, 0.1) is 10.4 Å². The third-order valence-electron chi connectivity index (χ3n) is 4.04. The van der Waals surface area contributed by atoms with E-state index in [2.05, 4.69) is 9.97 Å². The molecule has 0 bridgehead atoms. The third-order valence-corrected chi connectivity index (χ3v) is 5.33. The summed E-state index contributed by atoms with van der Waals surface area (Å²) in [6.45, 7) is 1.80. The molecule has 8 nitrogen and oxygen atoms in total. The minimum absolute atomic E-state index is 0.0811. The Balaban J connectivity index is 1.52. The smallest absolute Gasteiger partial charge is 0.323 e. The zero-order valence-corrected chi connectivity index (χ0v) is 14.6. The first-order valence-electron chi connectivity index (χ1n) is 7.93. The van der Waals surface area contributed by atoms with Gasteiger partial charge in [-0.1, -0.05) is 17.7 Å². The van der Waals surface area contributed by atoms with E-state index < -0.39 is 16.2 Å². The standard InChI is InChI=1S/C17H16N2O6S/c1-10-2-4-12(5-3-10)26(21,22)24-9-11-8-23-14-7-6-13-15(16(14)25-11)19-17(20)18-13/h2-7,11H,8-9H2,1H3,(H2,18,19,20). The number of aromatic amines is 2. The lowest BCUT2D eigenvalue weighted by atomic mass is 10.2. The predicted octanol–water partition coefficient (Wildman–Crippen LogP) is 1.71. The largest absolute Gasteiger partial charge is 0.486 e. The molecule has 2 heterocycles. The van der Waals surface area contributed by atoms with Gasteiger partial charge in [0.15, 0.2) is 17.6 Å². The van der Waals surface area contributed by atoms with Crippen molar-refractivity contribution in [2.45, 2.75) is 17.9 Å². The van der Waals surface area contributed by atoms with Crippen LogP contribution in [0.2, 0.25) is 0 Å². The Labute approximate surface area is 148 Å². The van der Waals surface area contributed by atoms with Crippen molar-refractivity contribution in [3.05, 3.63) is 52.4 Å². The Morgan fingerprint density at radius 3 is 2.69 bits per heavy atom. The lowest BCUT2D eigenvalue weighted by Crippen LogP contribution is -2.34. The second kappa shape index (κ2) is 6.19. The van der Waals surface area contributed by atoms with Crippen molar-refractivity contribution in [3.8, 4) is 11.5 Å². The molecule has 3 aromatic rings. The second-order valence-corrected chi connectivity index (χ2v) is 7.61. The first-order valence-corrected chi connectivity index (χ1v) is 9.34. The number of hydrogen-bond donors (Lipinski definition) is 2. The van der Waals surface area contributed by atoms with Gasteiger partial charge in [0.1, 0.15) is 18.7 Å². The summed E-state index contributed by atoms with van der Waals surface area (Å²) in [6.07, 6.45) is -0.633. The summed E-state index contributed by atoms with van der Waals surface area (Å²) in [5, 5.41) is 0. The van der Waals surface area contributed by atoms with Crippen LogP contribution in [0.4, 0.5) is 0 Å². The summed E-state index contributed by atoms with van der Waals surface area (Å²) in [5.41, 5.74) is 1.64. The molecule has 2 N–H and O–H groups in total. The Kier molecular flexibility index (Phi) is 3.97. The van der Waals surface area contributed by atoms with E-state index in [0.29, 0.717) is 22.5 Å².